The second-order valence-electron chi connectivity index (χ2n) is 8.18. The van der Waals surface area contributed by atoms with Crippen LogP contribution < -0.4 is 9.64 Å². The lowest BCUT2D eigenvalue weighted by Crippen LogP contribution is -2.44. The van der Waals surface area contributed by atoms with Gasteiger partial charge in [-0.05, 0) is 49.7 Å². The second kappa shape index (κ2) is 9.53. The van der Waals surface area contributed by atoms with Crippen LogP contribution >= 0.6 is 0 Å². The van der Waals surface area contributed by atoms with Crippen LogP contribution in [-0.4, -0.2) is 80.3 Å². The third-order valence-electron chi connectivity index (χ3n) is 5.93. The number of imide groups is 2. The molecule has 2 aromatic rings. The van der Waals surface area contributed by atoms with E-state index in [1.807, 2.05) is 11.8 Å². The quantitative estimate of drug-likeness (QED) is 0.451. The number of methoxy groups -OCH3 is 1. The lowest BCUT2D eigenvalue weighted by molar-refractivity contribution is -0.140. The lowest BCUT2D eigenvalue weighted by Gasteiger charge is -2.25. The number of anilines is 1. The summed E-state index contributed by atoms with van der Waals surface area (Å²) >= 11 is 0. The lowest BCUT2D eigenvalue weighted by atomic mass is 10.2. The van der Waals surface area contributed by atoms with E-state index in [9.17, 15) is 22.8 Å². The van der Waals surface area contributed by atoms with Crippen molar-refractivity contribution in [2.24, 2.45) is 0 Å². The van der Waals surface area contributed by atoms with E-state index in [2.05, 4.69) is 0 Å². The molecule has 0 atom stereocenters. The molecule has 11 heteroatoms. The van der Waals surface area contributed by atoms with Gasteiger partial charge in [0, 0.05) is 26.2 Å². The van der Waals surface area contributed by atoms with Crippen molar-refractivity contribution in [3.05, 3.63) is 54.1 Å². The van der Waals surface area contributed by atoms with Gasteiger partial charge in [-0.25, -0.2) is 23.0 Å². The van der Waals surface area contributed by atoms with Gasteiger partial charge in [-0.3, -0.25) is 14.5 Å². The second-order valence-corrected chi connectivity index (χ2v) is 10.1. The molecule has 0 N–H and O–H groups in total. The van der Waals surface area contributed by atoms with Crippen LogP contribution in [0.2, 0.25) is 0 Å². The molecular formula is C23H26N4O6S. The van der Waals surface area contributed by atoms with E-state index >= 15 is 0 Å². The third-order valence-corrected chi connectivity index (χ3v) is 7.84. The Hall–Kier alpha value is -3.28. The summed E-state index contributed by atoms with van der Waals surface area (Å²) in [4.78, 5) is 41.8. The maximum Gasteiger partial charge on any atom is 0.340 e. The highest BCUT2D eigenvalue weighted by Crippen LogP contribution is 2.25. The fourth-order valence-corrected chi connectivity index (χ4v) is 5.45. The highest BCUT2D eigenvalue weighted by Gasteiger charge is 2.46. The average Bonchev–Trinajstić information content (AvgIpc) is 2.99. The van der Waals surface area contributed by atoms with Gasteiger partial charge in [0.15, 0.2) is 0 Å². The van der Waals surface area contributed by atoms with Gasteiger partial charge in [0.05, 0.1) is 24.4 Å². The summed E-state index contributed by atoms with van der Waals surface area (Å²) in [5.41, 5.74) is 1.25. The fourth-order valence-electron chi connectivity index (χ4n) is 3.98. The van der Waals surface area contributed by atoms with Crippen LogP contribution in [0.4, 0.5) is 10.5 Å². The maximum atomic E-state index is 13.0. The summed E-state index contributed by atoms with van der Waals surface area (Å²) in [7, 11) is -2.15. The number of carbonyl (C=O) groups is 3. The van der Waals surface area contributed by atoms with Crippen LogP contribution in [0.15, 0.2) is 53.4 Å². The Morgan fingerprint density at radius 2 is 1.53 bits per heavy atom. The van der Waals surface area contributed by atoms with Gasteiger partial charge in [-0.15, -0.1) is 0 Å². The van der Waals surface area contributed by atoms with E-state index in [4.69, 9.17) is 4.74 Å². The van der Waals surface area contributed by atoms with Crippen molar-refractivity contribution < 1.29 is 27.5 Å². The van der Waals surface area contributed by atoms with Gasteiger partial charge in [0.1, 0.15) is 5.75 Å². The number of hydrogen-bond donors (Lipinski definition) is 0. The highest BCUT2D eigenvalue weighted by atomic mass is 32.2. The van der Waals surface area contributed by atoms with Crippen molar-refractivity contribution in [1.29, 1.82) is 0 Å². The molecule has 180 valence electrons. The smallest absolute Gasteiger partial charge is 0.340 e. The Bertz CT molecular complexity index is 1200. The van der Waals surface area contributed by atoms with Crippen LogP contribution in [0.25, 0.3) is 0 Å². The van der Waals surface area contributed by atoms with Crippen LogP contribution in [0.3, 0.4) is 0 Å². The number of hydrogen-bond acceptors (Lipinski definition) is 7. The number of benzene rings is 2. The topological polar surface area (TPSA) is 108 Å². The van der Waals surface area contributed by atoms with Gasteiger partial charge in [0.25, 0.3) is 0 Å². The van der Waals surface area contributed by atoms with E-state index in [1.165, 1.54) is 23.5 Å². The first-order chi connectivity index (χ1) is 16.2. The highest BCUT2D eigenvalue weighted by molar-refractivity contribution is 7.89. The summed E-state index contributed by atoms with van der Waals surface area (Å²) < 4.78 is 32.6. The minimum absolute atomic E-state index is 0.0888. The van der Waals surface area contributed by atoms with Crippen LogP contribution in [0.5, 0.6) is 5.75 Å². The van der Waals surface area contributed by atoms with Crippen LogP contribution in [0, 0.1) is 6.92 Å². The van der Waals surface area contributed by atoms with Crippen molar-refractivity contribution in [2.75, 3.05) is 44.9 Å². The summed E-state index contributed by atoms with van der Waals surface area (Å²) in [6, 6.07) is 12.2. The molecule has 0 saturated carbocycles. The minimum Gasteiger partial charge on any atom is -0.497 e. The molecule has 34 heavy (non-hydrogen) atoms. The molecule has 2 heterocycles. The molecular weight excluding hydrogens is 460 g/mol. The average molecular weight is 487 g/mol. The molecule has 0 aromatic heterocycles. The summed E-state index contributed by atoms with van der Waals surface area (Å²) in [5.74, 6) is -1.27. The monoisotopic (exact) mass is 486 g/mol. The summed E-state index contributed by atoms with van der Waals surface area (Å²) in [6.45, 7) is 3.14. The number of amides is 4. The molecule has 4 rings (SSSR count). The van der Waals surface area contributed by atoms with E-state index in [0.29, 0.717) is 31.8 Å². The molecule has 0 spiro atoms. The first-order valence-electron chi connectivity index (χ1n) is 10.9. The molecule has 10 nitrogen and oxygen atoms in total. The molecule has 0 radical (unpaired) electrons. The SMILES string of the molecule is COc1ccc(N2C(=O)C(=O)N(CN3CCCN(S(=O)(=O)c4ccc(C)cc4)CC3)C2=O)cc1. The van der Waals surface area contributed by atoms with E-state index in [0.717, 1.165) is 15.4 Å². The zero-order chi connectivity index (χ0) is 24.5. The molecule has 2 saturated heterocycles. The number of urea groups is 1. The van der Waals surface area contributed by atoms with Crippen molar-refractivity contribution in [1.82, 2.24) is 14.1 Å². The first kappa shape index (κ1) is 23.9. The zero-order valence-electron chi connectivity index (χ0n) is 19.0. The standard InChI is InChI=1S/C23H26N4O6S/c1-17-4-10-20(11-5-17)34(31,32)25-13-3-12-24(14-15-25)16-26-21(28)22(29)27(23(26)30)18-6-8-19(33-2)9-7-18/h4-11H,3,12-16H2,1-2H3. The van der Waals surface area contributed by atoms with Gasteiger partial charge in [-0.2, -0.15) is 4.31 Å². The zero-order valence-corrected chi connectivity index (χ0v) is 19.8. The normalized spacial score (nSPS) is 18.5. The van der Waals surface area contributed by atoms with E-state index in [-0.39, 0.29) is 23.8 Å². The molecule has 2 aliphatic rings. The van der Waals surface area contributed by atoms with Crippen LogP contribution in [0.1, 0.15) is 12.0 Å². The molecule has 2 aromatic carbocycles. The number of aryl methyl sites for hydroxylation is 1. The van der Waals surface area contributed by atoms with Crippen molar-refractivity contribution in [3.8, 4) is 5.75 Å². The number of carbonyl (C=O) groups excluding carboxylic acids is 3. The minimum atomic E-state index is -3.65. The molecule has 2 fully saturated rings. The molecule has 2 aliphatic heterocycles. The van der Waals surface area contributed by atoms with Gasteiger partial charge in [0.2, 0.25) is 10.0 Å². The summed E-state index contributed by atoms with van der Waals surface area (Å²) in [6.07, 6.45) is 0.525. The van der Waals surface area contributed by atoms with E-state index < -0.39 is 27.9 Å². The Balaban J connectivity index is 1.44. The predicted molar refractivity (Wildman–Crippen MR) is 124 cm³/mol. The number of nitrogens with zero attached hydrogens (tertiary/aromatic N) is 4. The van der Waals surface area contributed by atoms with Gasteiger partial charge < -0.3 is 4.74 Å². The number of rotatable bonds is 6. The molecule has 0 aliphatic carbocycles. The Labute approximate surface area is 198 Å². The predicted octanol–water partition coefficient (Wildman–Crippen LogP) is 1.65. The van der Waals surface area contributed by atoms with E-state index in [1.54, 1.807) is 36.4 Å². The van der Waals surface area contributed by atoms with Gasteiger partial charge in [-0.1, -0.05) is 17.7 Å². The van der Waals surface area contributed by atoms with Crippen molar-refractivity contribution >= 4 is 33.6 Å². The Morgan fingerprint density at radius 1 is 0.853 bits per heavy atom. The molecule has 0 unspecified atom stereocenters. The number of ether oxygens (including phenoxy) is 1. The van der Waals surface area contributed by atoms with Crippen molar-refractivity contribution in [2.45, 2.75) is 18.2 Å². The Morgan fingerprint density at radius 3 is 2.18 bits per heavy atom. The van der Waals surface area contributed by atoms with Crippen molar-refractivity contribution in [3.63, 3.8) is 0 Å². The molecule has 4 amide bonds. The number of sulfonamides is 1. The van der Waals surface area contributed by atoms with Gasteiger partial charge >= 0.3 is 17.8 Å². The third kappa shape index (κ3) is 4.54. The van der Waals surface area contributed by atoms with Crippen LogP contribution in [-0.2, 0) is 19.6 Å². The summed E-state index contributed by atoms with van der Waals surface area (Å²) in [5, 5.41) is 0. The fraction of sp³-hybridized carbons (Fsp3) is 0.348. The largest absolute Gasteiger partial charge is 0.497 e. The first-order valence-corrected chi connectivity index (χ1v) is 12.3. The Kier molecular flexibility index (Phi) is 6.69. The maximum absolute atomic E-state index is 13.0. The molecule has 0 bridgehead atoms.